The molecule has 0 radical (unpaired) electrons. The topological polar surface area (TPSA) is 64.5 Å². The maximum Gasteiger partial charge on any atom is 0.240 e. The molecule has 0 spiro atoms. The average Bonchev–Trinajstić information content (AvgIpc) is 3.22. The minimum atomic E-state index is -0.0724. The van der Waals surface area contributed by atoms with Crippen molar-refractivity contribution in [1.82, 2.24) is 9.97 Å². The van der Waals surface area contributed by atoms with Crippen molar-refractivity contribution in [3.63, 3.8) is 0 Å². The molecular weight excluding hydrogens is 312 g/mol. The lowest BCUT2D eigenvalue weighted by molar-refractivity contribution is 0.0116. The molecule has 2 aromatic heterocycles. The van der Waals surface area contributed by atoms with Gasteiger partial charge in [-0.05, 0) is 30.4 Å². The quantitative estimate of drug-likeness (QED) is 0.791. The van der Waals surface area contributed by atoms with Crippen LogP contribution in [0.15, 0.2) is 42.0 Å². The Morgan fingerprint density at radius 2 is 2.09 bits per heavy atom. The molecule has 1 fully saturated rings. The van der Waals surface area contributed by atoms with E-state index in [-0.39, 0.29) is 18.8 Å². The highest BCUT2D eigenvalue weighted by Crippen LogP contribution is 2.41. The van der Waals surface area contributed by atoms with Crippen molar-refractivity contribution in [3.8, 4) is 11.6 Å². The number of thiophene rings is 1. The third kappa shape index (κ3) is 2.81. The van der Waals surface area contributed by atoms with Gasteiger partial charge < -0.3 is 14.6 Å². The summed E-state index contributed by atoms with van der Waals surface area (Å²) in [4.78, 5) is 8.69. The number of hydrogen-bond donors (Lipinski definition) is 1. The molecule has 0 saturated carbocycles. The number of fused-ring (bicyclic) bond motifs is 1. The summed E-state index contributed by atoms with van der Waals surface area (Å²) in [5.41, 5.74) is 1.93. The van der Waals surface area contributed by atoms with Gasteiger partial charge in [-0.1, -0.05) is 18.2 Å². The van der Waals surface area contributed by atoms with Crippen LogP contribution in [0.2, 0.25) is 0 Å². The van der Waals surface area contributed by atoms with E-state index >= 15 is 0 Å². The Balaban J connectivity index is 1.67. The molecule has 5 nitrogen and oxygen atoms in total. The van der Waals surface area contributed by atoms with Crippen LogP contribution < -0.4 is 4.74 Å². The standard InChI is InChI=1S/C17H16N2O3S/c20-8-12-6-7-14(21-12)13-9-23-16-15(13)18-10-19-17(16)22-11-4-2-1-3-5-11/h1-5,9-10,12,14,20H,6-8H2. The summed E-state index contributed by atoms with van der Waals surface area (Å²) in [6.07, 6.45) is 3.21. The lowest BCUT2D eigenvalue weighted by Gasteiger charge is -2.11. The Morgan fingerprint density at radius 1 is 1.22 bits per heavy atom. The van der Waals surface area contributed by atoms with Gasteiger partial charge in [-0.2, -0.15) is 0 Å². The smallest absolute Gasteiger partial charge is 0.240 e. The molecule has 23 heavy (non-hydrogen) atoms. The van der Waals surface area contributed by atoms with Crippen LogP contribution in [0.5, 0.6) is 11.6 Å². The number of hydrogen-bond acceptors (Lipinski definition) is 6. The number of ether oxygens (including phenoxy) is 2. The van der Waals surface area contributed by atoms with E-state index in [2.05, 4.69) is 15.3 Å². The van der Waals surface area contributed by atoms with Crippen molar-refractivity contribution >= 4 is 21.6 Å². The van der Waals surface area contributed by atoms with E-state index < -0.39 is 0 Å². The second-order valence-corrected chi connectivity index (χ2v) is 6.35. The maximum atomic E-state index is 9.23. The third-order valence-electron chi connectivity index (χ3n) is 3.96. The Hall–Kier alpha value is -2.02. The molecule has 4 rings (SSSR count). The van der Waals surface area contributed by atoms with Gasteiger partial charge in [-0.15, -0.1) is 11.3 Å². The third-order valence-corrected chi connectivity index (χ3v) is 4.94. The van der Waals surface area contributed by atoms with E-state index in [1.54, 1.807) is 11.3 Å². The summed E-state index contributed by atoms with van der Waals surface area (Å²) < 4.78 is 12.7. The molecule has 6 heteroatoms. The van der Waals surface area contributed by atoms with Crippen LogP contribution in [-0.2, 0) is 4.74 Å². The fourth-order valence-electron chi connectivity index (χ4n) is 2.82. The second-order valence-electron chi connectivity index (χ2n) is 5.47. The maximum absolute atomic E-state index is 9.23. The van der Waals surface area contributed by atoms with E-state index in [0.717, 1.165) is 34.4 Å². The molecule has 2 atom stereocenters. The first-order chi connectivity index (χ1) is 11.3. The van der Waals surface area contributed by atoms with Gasteiger partial charge in [0.05, 0.1) is 24.3 Å². The van der Waals surface area contributed by atoms with E-state index in [1.807, 2.05) is 30.3 Å². The highest BCUT2D eigenvalue weighted by Gasteiger charge is 2.29. The first-order valence-corrected chi connectivity index (χ1v) is 8.44. The van der Waals surface area contributed by atoms with E-state index in [0.29, 0.717) is 5.88 Å². The molecule has 1 aliphatic heterocycles. The molecule has 1 N–H and O–H groups in total. The van der Waals surface area contributed by atoms with Gasteiger partial charge in [0.15, 0.2) is 0 Å². The Bertz CT molecular complexity index is 806. The molecule has 1 saturated heterocycles. The predicted molar refractivity (Wildman–Crippen MR) is 87.9 cm³/mol. The highest BCUT2D eigenvalue weighted by atomic mass is 32.1. The number of rotatable bonds is 4. The zero-order valence-electron chi connectivity index (χ0n) is 12.4. The van der Waals surface area contributed by atoms with Crippen molar-refractivity contribution < 1.29 is 14.6 Å². The van der Waals surface area contributed by atoms with Crippen LogP contribution in [0.1, 0.15) is 24.5 Å². The van der Waals surface area contributed by atoms with Gasteiger partial charge in [0.2, 0.25) is 5.88 Å². The van der Waals surface area contributed by atoms with Crippen LogP contribution in [0.3, 0.4) is 0 Å². The van der Waals surface area contributed by atoms with Crippen LogP contribution in [0, 0.1) is 0 Å². The summed E-state index contributed by atoms with van der Waals surface area (Å²) in [6.45, 7) is 0.0654. The lowest BCUT2D eigenvalue weighted by Crippen LogP contribution is -2.10. The van der Waals surface area contributed by atoms with Crippen molar-refractivity contribution in [2.45, 2.75) is 25.0 Å². The number of para-hydroxylation sites is 1. The van der Waals surface area contributed by atoms with Crippen LogP contribution in [-0.4, -0.2) is 27.8 Å². The Kier molecular flexibility index (Phi) is 3.95. The molecule has 0 aliphatic carbocycles. The Morgan fingerprint density at radius 3 is 2.87 bits per heavy atom. The molecule has 3 heterocycles. The molecule has 1 aromatic carbocycles. The summed E-state index contributed by atoms with van der Waals surface area (Å²) in [7, 11) is 0. The molecule has 2 unspecified atom stereocenters. The number of aliphatic hydroxyl groups is 1. The van der Waals surface area contributed by atoms with Gasteiger partial charge in [0, 0.05) is 5.56 Å². The van der Waals surface area contributed by atoms with Gasteiger partial charge in [0.1, 0.15) is 16.8 Å². The monoisotopic (exact) mass is 328 g/mol. The zero-order chi connectivity index (χ0) is 15.6. The molecular formula is C17H16N2O3S. The molecule has 118 valence electrons. The fourth-order valence-corrected chi connectivity index (χ4v) is 3.80. The van der Waals surface area contributed by atoms with E-state index in [1.165, 1.54) is 6.33 Å². The van der Waals surface area contributed by atoms with Crippen LogP contribution >= 0.6 is 11.3 Å². The Labute approximate surface area is 137 Å². The normalized spacial score (nSPS) is 20.9. The van der Waals surface area contributed by atoms with Crippen molar-refractivity contribution in [3.05, 3.63) is 47.6 Å². The zero-order valence-corrected chi connectivity index (χ0v) is 13.2. The molecule has 0 amide bonds. The summed E-state index contributed by atoms with van der Waals surface area (Å²) >= 11 is 1.56. The van der Waals surface area contributed by atoms with Gasteiger partial charge in [0.25, 0.3) is 0 Å². The van der Waals surface area contributed by atoms with Crippen molar-refractivity contribution in [2.24, 2.45) is 0 Å². The summed E-state index contributed by atoms with van der Waals surface area (Å²) in [5.74, 6) is 1.31. The lowest BCUT2D eigenvalue weighted by atomic mass is 10.1. The molecule has 3 aromatic rings. The van der Waals surface area contributed by atoms with Crippen molar-refractivity contribution in [1.29, 1.82) is 0 Å². The van der Waals surface area contributed by atoms with Crippen LogP contribution in [0.25, 0.3) is 10.2 Å². The average molecular weight is 328 g/mol. The molecule has 0 bridgehead atoms. The number of nitrogens with zero attached hydrogens (tertiary/aromatic N) is 2. The minimum Gasteiger partial charge on any atom is -0.437 e. The van der Waals surface area contributed by atoms with Gasteiger partial charge in [-0.3, -0.25) is 0 Å². The largest absolute Gasteiger partial charge is 0.437 e. The number of aliphatic hydroxyl groups excluding tert-OH is 1. The van der Waals surface area contributed by atoms with E-state index in [9.17, 15) is 5.11 Å². The highest BCUT2D eigenvalue weighted by molar-refractivity contribution is 7.17. The minimum absolute atomic E-state index is 0.0135. The SMILES string of the molecule is OCC1CCC(c2csc3c(Oc4ccccc4)ncnc23)O1. The fraction of sp³-hybridized carbons (Fsp3) is 0.294. The number of aromatic nitrogens is 2. The van der Waals surface area contributed by atoms with E-state index in [4.69, 9.17) is 9.47 Å². The predicted octanol–water partition coefficient (Wildman–Crippen LogP) is 3.70. The van der Waals surface area contributed by atoms with Gasteiger partial charge >= 0.3 is 0 Å². The summed E-state index contributed by atoms with van der Waals surface area (Å²) in [6, 6.07) is 9.59. The van der Waals surface area contributed by atoms with Gasteiger partial charge in [-0.25, -0.2) is 9.97 Å². The first kappa shape index (κ1) is 14.6. The van der Waals surface area contributed by atoms with Crippen molar-refractivity contribution in [2.75, 3.05) is 6.61 Å². The van der Waals surface area contributed by atoms with Crippen LogP contribution in [0.4, 0.5) is 0 Å². The molecule has 1 aliphatic rings. The second kappa shape index (κ2) is 6.23. The number of benzene rings is 1. The first-order valence-electron chi connectivity index (χ1n) is 7.56. The summed E-state index contributed by atoms with van der Waals surface area (Å²) in [5, 5.41) is 11.3.